The number of methoxy groups -OCH3 is 1. The Morgan fingerprint density at radius 1 is 1.30 bits per heavy atom. The number of nitrogens with two attached hydrogens (primary N) is 1. The Morgan fingerprint density at radius 3 is 2.91 bits per heavy atom. The van der Waals surface area contributed by atoms with Gasteiger partial charge in [-0.25, -0.2) is 8.78 Å². The van der Waals surface area contributed by atoms with E-state index in [0.717, 1.165) is 43.7 Å². The summed E-state index contributed by atoms with van der Waals surface area (Å²) in [5.74, 6) is -1.02. The maximum Gasteiger partial charge on any atom is 0.319 e. The minimum Gasteiger partial charge on any atom is -0.461 e. The van der Waals surface area contributed by atoms with Gasteiger partial charge in [-0.3, -0.25) is 4.90 Å². The number of halogens is 3. The van der Waals surface area contributed by atoms with Crippen molar-refractivity contribution >= 4 is 54.7 Å². The van der Waals surface area contributed by atoms with E-state index in [9.17, 15) is 14.8 Å². The number of hydrogen-bond acceptors (Lipinski definition) is 11. The molecule has 4 aromatic rings. The quantitative estimate of drug-likeness (QED) is 0.285. The summed E-state index contributed by atoms with van der Waals surface area (Å²) in [7, 11) is 1.71. The van der Waals surface area contributed by atoms with E-state index < -0.39 is 17.2 Å². The van der Waals surface area contributed by atoms with E-state index in [0.29, 0.717) is 31.0 Å². The largest absolute Gasteiger partial charge is 0.461 e. The Kier molecular flexibility index (Phi) is 7.94. The minimum absolute atomic E-state index is 0.0139. The topological polar surface area (TPSA) is 130 Å². The van der Waals surface area contributed by atoms with Crippen molar-refractivity contribution < 1.29 is 28.1 Å². The van der Waals surface area contributed by atoms with Gasteiger partial charge in [0.05, 0.1) is 46.7 Å². The molecule has 3 N–H and O–H groups in total. The fourth-order valence-electron chi connectivity index (χ4n) is 7.23. The zero-order chi connectivity index (χ0) is 32.4. The lowest BCUT2D eigenvalue weighted by Crippen LogP contribution is -2.44. The summed E-state index contributed by atoms with van der Waals surface area (Å²) >= 11 is 7.74. The van der Waals surface area contributed by atoms with Crippen molar-refractivity contribution in [1.82, 2.24) is 14.9 Å². The maximum absolute atomic E-state index is 16.9. The van der Waals surface area contributed by atoms with Gasteiger partial charge in [0.1, 0.15) is 40.4 Å². The van der Waals surface area contributed by atoms with Crippen LogP contribution in [0.3, 0.4) is 0 Å². The van der Waals surface area contributed by atoms with Gasteiger partial charge in [-0.2, -0.15) is 15.2 Å². The van der Waals surface area contributed by atoms with Crippen LogP contribution in [-0.2, 0) is 9.47 Å². The standard InChI is InChI=1S/C32H33ClF2N6O4S/c1-31(42)14-40(8-9-44-15-31)29-19-10-21(33)24(18-4-5-22(34)27-23(18)20(12-36)28(37)46-27)25(35)26(19)38-30(39-29)45-16-32-6-3-7-41(32)13-17(11-32)43-2/h4-5,10,17,42H,3,6-9,11,13-16,37H2,1-2H3/t17-,31?,32+/m1/s1. The van der Waals surface area contributed by atoms with Crippen molar-refractivity contribution in [3.63, 3.8) is 0 Å². The predicted molar refractivity (Wildman–Crippen MR) is 173 cm³/mol. The third-order valence-electron chi connectivity index (χ3n) is 9.37. The van der Waals surface area contributed by atoms with E-state index in [4.69, 9.17) is 36.5 Å². The third-order valence-corrected chi connectivity index (χ3v) is 10.7. The summed E-state index contributed by atoms with van der Waals surface area (Å²) in [5.41, 5.74) is 4.78. The average Bonchev–Trinajstić information content (AvgIpc) is 3.64. The number of nitriles is 1. The first-order valence-electron chi connectivity index (χ1n) is 15.1. The van der Waals surface area contributed by atoms with Crippen LogP contribution in [0.15, 0.2) is 18.2 Å². The zero-order valence-corrected chi connectivity index (χ0v) is 27.0. The van der Waals surface area contributed by atoms with Gasteiger partial charge < -0.3 is 30.0 Å². The monoisotopic (exact) mass is 670 g/mol. The summed E-state index contributed by atoms with van der Waals surface area (Å²) in [6.07, 6.45) is 2.86. The van der Waals surface area contributed by atoms with E-state index >= 15 is 4.39 Å². The molecule has 3 aliphatic heterocycles. The van der Waals surface area contributed by atoms with Crippen LogP contribution >= 0.6 is 22.9 Å². The van der Waals surface area contributed by atoms with Crippen molar-refractivity contribution in [3.05, 3.63) is 40.4 Å². The molecule has 14 heteroatoms. The molecule has 2 aromatic heterocycles. The molecule has 3 atom stereocenters. The van der Waals surface area contributed by atoms with Gasteiger partial charge in [0, 0.05) is 36.5 Å². The van der Waals surface area contributed by atoms with E-state index in [2.05, 4.69) is 9.88 Å². The lowest BCUT2D eigenvalue weighted by Gasteiger charge is -2.31. The van der Waals surface area contributed by atoms with Crippen LogP contribution in [0.5, 0.6) is 6.01 Å². The summed E-state index contributed by atoms with van der Waals surface area (Å²) in [4.78, 5) is 13.5. The highest BCUT2D eigenvalue weighted by Crippen LogP contribution is 2.46. The highest BCUT2D eigenvalue weighted by molar-refractivity contribution is 7.23. The fourth-order valence-corrected chi connectivity index (χ4v) is 8.47. The van der Waals surface area contributed by atoms with E-state index in [1.807, 2.05) is 11.0 Å². The minimum atomic E-state index is -1.20. The molecular weight excluding hydrogens is 638 g/mol. The fraction of sp³-hybridized carbons (Fsp3) is 0.469. The molecule has 1 unspecified atom stereocenters. The average molecular weight is 671 g/mol. The van der Waals surface area contributed by atoms with Crippen LogP contribution in [0, 0.1) is 23.0 Å². The number of aromatic nitrogens is 2. The second kappa shape index (κ2) is 11.7. The number of nitrogen functional groups attached to an aromatic ring is 1. The SMILES string of the molecule is CO[C@H]1CN2CCC[C@@]2(COc2nc(N3CCOCC(C)(O)C3)c3cc(Cl)c(-c4ccc(F)c5sc(N)c(C#N)c45)c(F)c3n2)C1. The Bertz CT molecular complexity index is 1900. The van der Waals surface area contributed by atoms with Crippen LogP contribution in [0.4, 0.5) is 19.6 Å². The smallest absolute Gasteiger partial charge is 0.319 e. The lowest BCUT2D eigenvalue weighted by molar-refractivity contribution is -0.0123. The normalized spacial score (nSPS) is 25.2. The number of aliphatic hydroxyl groups is 1. The van der Waals surface area contributed by atoms with Crippen LogP contribution in [0.2, 0.25) is 5.02 Å². The Morgan fingerprint density at radius 2 is 2.13 bits per heavy atom. The molecule has 3 aliphatic rings. The summed E-state index contributed by atoms with van der Waals surface area (Å²) in [6, 6.07) is 6.16. The number of fused-ring (bicyclic) bond motifs is 3. The molecule has 46 heavy (non-hydrogen) atoms. The van der Waals surface area contributed by atoms with Crippen LogP contribution in [0.25, 0.3) is 32.1 Å². The Hall–Kier alpha value is -3.38. The number of anilines is 2. The van der Waals surface area contributed by atoms with Crippen molar-refractivity contribution in [1.29, 1.82) is 5.26 Å². The second-order valence-corrected chi connectivity index (χ2v) is 14.1. The third kappa shape index (κ3) is 5.21. The maximum atomic E-state index is 16.9. The first-order valence-corrected chi connectivity index (χ1v) is 16.3. The van der Waals surface area contributed by atoms with Gasteiger partial charge in [0.15, 0.2) is 5.82 Å². The van der Waals surface area contributed by atoms with Gasteiger partial charge in [-0.15, -0.1) is 11.3 Å². The first kappa shape index (κ1) is 31.2. The number of β-amino-alcohol motifs (C(OH)–C–C–N with tert-alkyl or cyclic N) is 1. The molecule has 0 radical (unpaired) electrons. The molecule has 10 nitrogen and oxygen atoms in total. The van der Waals surface area contributed by atoms with Gasteiger partial charge >= 0.3 is 6.01 Å². The molecule has 2 aromatic carbocycles. The summed E-state index contributed by atoms with van der Waals surface area (Å²) in [5, 5.41) is 21.5. The number of hydrogen-bond donors (Lipinski definition) is 2. The van der Waals surface area contributed by atoms with Crippen LogP contribution < -0.4 is 15.4 Å². The van der Waals surface area contributed by atoms with E-state index in [-0.39, 0.29) is 73.1 Å². The summed E-state index contributed by atoms with van der Waals surface area (Å²) < 4.78 is 49.6. The molecule has 0 aliphatic carbocycles. The van der Waals surface area contributed by atoms with E-state index in [1.165, 1.54) is 12.1 Å². The number of thiophene rings is 1. The number of benzene rings is 2. The number of nitrogens with zero attached hydrogens (tertiary/aromatic N) is 5. The second-order valence-electron chi connectivity index (χ2n) is 12.6. The van der Waals surface area contributed by atoms with E-state index in [1.54, 1.807) is 20.1 Å². The molecule has 3 fully saturated rings. The van der Waals surface area contributed by atoms with Crippen molar-refractivity contribution in [3.8, 4) is 23.2 Å². The van der Waals surface area contributed by atoms with Gasteiger partial charge in [-0.05, 0) is 50.4 Å². The first-order chi connectivity index (χ1) is 22.0. The van der Waals surface area contributed by atoms with Gasteiger partial charge in [-0.1, -0.05) is 17.7 Å². The number of rotatable bonds is 6. The highest BCUT2D eigenvalue weighted by atomic mass is 35.5. The van der Waals surface area contributed by atoms with Gasteiger partial charge in [0.2, 0.25) is 0 Å². The van der Waals surface area contributed by atoms with Crippen molar-refractivity contribution in [2.45, 2.75) is 43.4 Å². The number of ether oxygens (including phenoxy) is 3. The van der Waals surface area contributed by atoms with Crippen molar-refractivity contribution in [2.24, 2.45) is 0 Å². The molecule has 7 rings (SSSR count). The molecular formula is C32H33ClF2N6O4S. The molecule has 242 valence electrons. The lowest BCUT2D eigenvalue weighted by atomic mass is 9.94. The molecule has 5 heterocycles. The van der Waals surface area contributed by atoms with Crippen molar-refractivity contribution in [2.75, 3.05) is 63.7 Å². The molecule has 0 amide bonds. The molecule has 0 spiro atoms. The molecule has 0 saturated carbocycles. The summed E-state index contributed by atoms with van der Waals surface area (Å²) in [6.45, 7) is 4.67. The highest BCUT2D eigenvalue weighted by Gasteiger charge is 2.49. The zero-order valence-electron chi connectivity index (χ0n) is 25.4. The van der Waals surface area contributed by atoms with Gasteiger partial charge in [0.25, 0.3) is 0 Å². The molecule has 3 saturated heterocycles. The predicted octanol–water partition coefficient (Wildman–Crippen LogP) is 5.12. The Balaban J connectivity index is 1.39. The molecule has 0 bridgehead atoms. The van der Waals surface area contributed by atoms with Crippen LogP contribution in [0.1, 0.15) is 31.7 Å². The Labute approximate surface area is 273 Å². The van der Waals surface area contributed by atoms with Crippen LogP contribution in [-0.4, -0.2) is 90.3 Å².